The molecule has 2 N–H and O–H groups in total. The summed E-state index contributed by atoms with van der Waals surface area (Å²) in [4.78, 5) is 8.15. The van der Waals surface area contributed by atoms with Gasteiger partial charge in [0.2, 0.25) is 0 Å². The van der Waals surface area contributed by atoms with E-state index in [4.69, 9.17) is 17.3 Å². The van der Waals surface area contributed by atoms with Gasteiger partial charge in [0.25, 0.3) is 0 Å². The van der Waals surface area contributed by atoms with E-state index in [1.165, 1.54) is 0 Å². The molecule has 0 radical (unpaired) electrons. The first-order valence-electron chi connectivity index (χ1n) is 4.96. The molecular formula is C12H12ClN3. The Morgan fingerprint density at radius 3 is 2.69 bits per heavy atom. The van der Waals surface area contributed by atoms with Crippen LogP contribution >= 0.6 is 11.6 Å². The van der Waals surface area contributed by atoms with Crippen LogP contribution in [0.4, 0.5) is 0 Å². The number of aryl methyl sites for hydroxylation is 1. The minimum Gasteiger partial charge on any atom is -0.320 e. The van der Waals surface area contributed by atoms with Crippen LogP contribution in [0.5, 0.6) is 0 Å². The molecule has 2 heterocycles. The zero-order valence-corrected chi connectivity index (χ0v) is 9.65. The van der Waals surface area contributed by atoms with E-state index in [-0.39, 0.29) is 6.04 Å². The van der Waals surface area contributed by atoms with Crippen LogP contribution in [0.1, 0.15) is 22.9 Å². The first kappa shape index (κ1) is 11.0. The number of hydrogen-bond acceptors (Lipinski definition) is 3. The van der Waals surface area contributed by atoms with Gasteiger partial charge in [0.05, 0.1) is 11.1 Å². The number of rotatable bonds is 2. The maximum Gasteiger partial charge on any atom is 0.0640 e. The van der Waals surface area contributed by atoms with Crippen LogP contribution in [-0.2, 0) is 0 Å². The van der Waals surface area contributed by atoms with Gasteiger partial charge in [-0.1, -0.05) is 17.7 Å². The molecule has 1 unspecified atom stereocenters. The molecule has 16 heavy (non-hydrogen) atoms. The lowest BCUT2D eigenvalue weighted by atomic mass is 10.0. The molecule has 2 aromatic rings. The predicted octanol–water partition coefficient (Wildman–Crippen LogP) is 2.49. The van der Waals surface area contributed by atoms with Crippen molar-refractivity contribution in [3.05, 3.63) is 58.6 Å². The summed E-state index contributed by atoms with van der Waals surface area (Å²) in [5, 5.41) is 0.579. The molecule has 0 aliphatic carbocycles. The number of nitrogens with zero attached hydrogens (tertiary/aromatic N) is 2. The van der Waals surface area contributed by atoms with Crippen molar-refractivity contribution in [2.45, 2.75) is 13.0 Å². The molecule has 2 aromatic heterocycles. The van der Waals surface area contributed by atoms with Crippen molar-refractivity contribution < 1.29 is 0 Å². The lowest BCUT2D eigenvalue weighted by molar-refractivity contribution is 0.857. The second-order valence-corrected chi connectivity index (χ2v) is 4.01. The molecule has 0 bridgehead atoms. The highest BCUT2D eigenvalue weighted by molar-refractivity contribution is 6.31. The van der Waals surface area contributed by atoms with E-state index in [0.717, 1.165) is 16.8 Å². The zero-order chi connectivity index (χ0) is 11.5. The van der Waals surface area contributed by atoms with Crippen LogP contribution in [0.3, 0.4) is 0 Å². The molecule has 2 rings (SSSR count). The largest absolute Gasteiger partial charge is 0.320 e. The van der Waals surface area contributed by atoms with E-state index >= 15 is 0 Å². The van der Waals surface area contributed by atoms with E-state index in [2.05, 4.69) is 9.97 Å². The highest BCUT2D eigenvalue weighted by atomic mass is 35.5. The SMILES string of the molecule is Cc1ccc(C(N)c2ccncc2Cl)cn1. The Bertz CT molecular complexity index is 482. The Morgan fingerprint density at radius 2 is 2.06 bits per heavy atom. The van der Waals surface area contributed by atoms with Gasteiger partial charge in [0, 0.05) is 24.3 Å². The molecule has 0 saturated heterocycles. The Morgan fingerprint density at radius 1 is 1.25 bits per heavy atom. The smallest absolute Gasteiger partial charge is 0.0640 e. The fourth-order valence-corrected chi connectivity index (χ4v) is 1.72. The molecule has 0 aliphatic heterocycles. The molecule has 0 saturated carbocycles. The van der Waals surface area contributed by atoms with Gasteiger partial charge >= 0.3 is 0 Å². The standard InChI is InChI=1S/C12H12ClN3/c1-8-2-3-9(6-16-8)12(14)10-4-5-15-7-11(10)13/h2-7,12H,14H2,1H3. The number of hydrogen-bond donors (Lipinski definition) is 1. The van der Waals surface area contributed by atoms with Crippen molar-refractivity contribution >= 4 is 11.6 Å². The van der Waals surface area contributed by atoms with E-state index in [9.17, 15) is 0 Å². The van der Waals surface area contributed by atoms with Gasteiger partial charge in [-0.3, -0.25) is 9.97 Å². The van der Waals surface area contributed by atoms with Crippen molar-refractivity contribution in [2.24, 2.45) is 5.73 Å². The summed E-state index contributed by atoms with van der Waals surface area (Å²) in [5.41, 5.74) is 8.89. The maximum atomic E-state index is 6.11. The normalized spacial score (nSPS) is 12.4. The van der Waals surface area contributed by atoms with Crippen LogP contribution in [0.15, 0.2) is 36.8 Å². The Hall–Kier alpha value is -1.45. The molecule has 0 aliphatic rings. The van der Waals surface area contributed by atoms with Gasteiger partial charge < -0.3 is 5.73 Å². The van der Waals surface area contributed by atoms with Crippen LogP contribution in [0.25, 0.3) is 0 Å². The highest BCUT2D eigenvalue weighted by Crippen LogP contribution is 2.24. The first-order valence-corrected chi connectivity index (χ1v) is 5.34. The summed E-state index contributed by atoms with van der Waals surface area (Å²) in [7, 11) is 0. The van der Waals surface area contributed by atoms with Crippen molar-refractivity contribution in [3.63, 3.8) is 0 Å². The Balaban J connectivity index is 2.35. The van der Waals surface area contributed by atoms with Gasteiger partial charge in [-0.2, -0.15) is 0 Å². The van der Waals surface area contributed by atoms with Crippen molar-refractivity contribution in [3.8, 4) is 0 Å². The first-order chi connectivity index (χ1) is 7.68. The fourth-order valence-electron chi connectivity index (χ4n) is 1.48. The lowest BCUT2D eigenvalue weighted by Crippen LogP contribution is -2.12. The molecule has 0 aromatic carbocycles. The third kappa shape index (κ3) is 2.21. The second kappa shape index (κ2) is 4.60. The molecule has 82 valence electrons. The van der Waals surface area contributed by atoms with Gasteiger partial charge in [-0.25, -0.2) is 0 Å². The van der Waals surface area contributed by atoms with Gasteiger partial charge in [0.1, 0.15) is 0 Å². The maximum absolute atomic E-state index is 6.11. The molecular weight excluding hydrogens is 222 g/mol. The van der Waals surface area contributed by atoms with Crippen LogP contribution in [0, 0.1) is 6.92 Å². The highest BCUT2D eigenvalue weighted by Gasteiger charge is 2.12. The molecule has 1 atom stereocenters. The molecule has 3 nitrogen and oxygen atoms in total. The summed E-state index contributed by atoms with van der Waals surface area (Å²) in [6, 6.07) is 5.46. The van der Waals surface area contributed by atoms with Crippen LogP contribution < -0.4 is 5.73 Å². The molecule has 0 amide bonds. The van der Waals surface area contributed by atoms with Crippen LogP contribution in [-0.4, -0.2) is 9.97 Å². The van der Waals surface area contributed by atoms with Crippen molar-refractivity contribution in [2.75, 3.05) is 0 Å². The minimum absolute atomic E-state index is 0.261. The summed E-state index contributed by atoms with van der Waals surface area (Å²) in [6.07, 6.45) is 5.05. The molecule has 0 fully saturated rings. The Labute approximate surface area is 99.3 Å². The second-order valence-electron chi connectivity index (χ2n) is 3.61. The number of aromatic nitrogens is 2. The van der Waals surface area contributed by atoms with Gasteiger partial charge in [0.15, 0.2) is 0 Å². The minimum atomic E-state index is -0.261. The summed E-state index contributed by atoms with van der Waals surface area (Å²) in [5.74, 6) is 0. The number of nitrogens with two attached hydrogens (primary N) is 1. The van der Waals surface area contributed by atoms with E-state index in [1.807, 2.05) is 25.1 Å². The molecule has 0 spiro atoms. The average molecular weight is 234 g/mol. The summed E-state index contributed by atoms with van der Waals surface area (Å²) < 4.78 is 0. The van der Waals surface area contributed by atoms with Crippen molar-refractivity contribution in [1.29, 1.82) is 0 Å². The quantitative estimate of drug-likeness (QED) is 0.867. The van der Waals surface area contributed by atoms with E-state index < -0.39 is 0 Å². The number of halogens is 1. The fraction of sp³-hybridized carbons (Fsp3) is 0.167. The summed E-state index contributed by atoms with van der Waals surface area (Å²) >= 11 is 6.04. The topological polar surface area (TPSA) is 51.8 Å². The van der Waals surface area contributed by atoms with E-state index in [0.29, 0.717) is 5.02 Å². The summed E-state index contributed by atoms with van der Waals surface area (Å²) in [6.45, 7) is 1.94. The molecule has 4 heteroatoms. The Kier molecular flexibility index (Phi) is 3.17. The lowest BCUT2D eigenvalue weighted by Gasteiger charge is -2.13. The van der Waals surface area contributed by atoms with Crippen molar-refractivity contribution in [1.82, 2.24) is 9.97 Å². The third-order valence-electron chi connectivity index (χ3n) is 2.43. The zero-order valence-electron chi connectivity index (χ0n) is 8.89. The number of pyridine rings is 2. The third-order valence-corrected chi connectivity index (χ3v) is 2.75. The van der Waals surface area contributed by atoms with Gasteiger partial charge in [-0.15, -0.1) is 0 Å². The van der Waals surface area contributed by atoms with E-state index in [1.54, 1.807) is 18.6 Å². The van der Waals surface area contributed by atoms with Crippen LogP contribution in [0.2, 0.25) is 5.02 Å². The predicted molar refractivity (Wildman–Crippen MR) is 64.3 cm³/mol. The average Bonchev–Trinajstić information content (AvgIpc) is 2.30. The van der Waals surface area contributed by atoms with Gasteiger partial charge in [-0.05, 0) is 30.2 Å². The monoisotopic (exact) mass is 233 g/mol.